The van der Waals surface area contributed by atoms with E-state index in [1.165, 1.54) is 18.2 Å². The van der Waals surface area contributed by atoms with E-state index in [0.717, 1.165) is 27.5 Å². The summed E-state index contributed by atoms with van der Waals surface area (Å²) in [6.07, 6.45) is 4.99. The molecule has 2 amide bonds. The molecule has 0 fully saturated rings. The van der Waals surface area contributed by atoms with Gasteiger partial charge in [0.2, 0.25) is 0 Å². The molecule has 5 aromatic rings. The van der Waals surface area contributed by atoms with Crippen molar-refractivity contribution in [3.63, 3.8) is 0 Å². The molecule has 8 nitrogen and oxygen atoms in total. The van der Waals surface area contributed by atoms with Crippen LogP contribution in [-0.2, 0) is 11.3 Å². The van der Waals surface area contributed by atoms with E-state index >= 15 is 0 Å². The predicted molar refractivity (Wildman–Crippen MR) is 172 cm³/mol. The number of nitrogens with one attached hydrogen (secondary N) is 1. The second kappa shape index (κ2) is 14.3. The minimum absolute atomic E-state index is 0.0767. The van der Waals surface area contributed by atoms with Crippen LogP contribution in [0.1, 0.15) is 39.9 Å². The number of hydrazone groups is 1. The van der Waals surface area contributed by atoms with Gasteiger partial charge in [-0.2, -0.15) is 5.10 Å². The molecule has 0 aliphatic carbocycles. The lowest BCUT2D eigenvalue weighted by Crippen LogP contribution is -2.37. The number of pyridine rings is 1. The lowest BCUT2D eigenvalue weighted by Gasteiger charge is -2.26. The molecule has 44 heavy (non-hydrogen) atoms. The molecule has 1 atom stereocenters. The first kappa shape index (κ1) is 30.3. The summed E-state index contributed by atoms with van der Waals surface area (Å²) in [4.78, 5) is 31.9. The Morgan fingerprint density at radius 2 is 1.70 bits per heavy atom. The van der Waals surface area contributed by atoms with Crippen molar-refractivity contribution >= 4 is 40.4 Å². The van der Waals surface area contributed by atoms with Crippen LogP contribution < -0.4 is 10.2 Å². The second-order valence-electron chi connectivity index (χ2n) is 10.3. The summed E-state index contributed by atoms with van der Waals surface area (Å²) >= 11 is 5.91. The number of halogens is 1. The van der Waals surface area contributed by atoms with E-state index in [1.807, 2.05) is 65.6 Å². The van der Waals surface area contributed by atoms with Crippen molar-refractivity contribution in [1.82, 2.24) is 15.3 Å². The number of phenolic OH excluding ortho intramolecular Hbond substituents is 1. The highest BCUT2D eigenvalue weighted by Crippen LogP contribution is 2.28. The number of nitrogens with zero attached hydrogens (tertiary/aromatic N) is 3. The van der Waals surface area contributed by atoms with Gasteiger partial charge in [0.05, 0.1) is 11.2 Å². The van der Waals surface area contributed by atoms with E-state index < -0.39 is 5.91 Å². The number of hydrogen-bond donors (Lipinski definition) is 2. The maximum absolute atomic E-state index is 13.6. The molecule has 9 heteroatoms. The van der Waals surface area contributed by atoms with Crippen LogP contribution in [0.2, 0.25) is 5.02 Å². The van der Waals surface area contributed by atoms with Crippen LogP contribution in [0.25, 0.3) is 10.8 Å². The van der Waals surface area contributed by atoms with Gasteiger partial charge < -0.3 is 14.7 Å². The van der Waals surface area contributed by atoms with Gasteiger partial charge in [0.25, 0.3) is 11.8 Å². The van der Waals surface area contributed by atoms with Gasteiger partial charge in [-0.3, -0.25) is 14.6 Å². The Labute approximate surface area is 260 Å². The van der Waals surface area contributed by atoms with E-state index in [9.17, 15) is 14.7 Å². The van der Waals surface area contributed by atoms with Crippen molar-refractivity contribution in [2.75, 3.05) is 13.2 Å². The Morgan fingerprint density at radius 3 is 2.45 bits per heavy atom. The average molecular weight is 607 g/mol. The molecule has 1 aromatic heterocycles. The van der Waals surface area contributed by atoms with E-state index in [4.69, 9.17) is 16.3 Å². The molecule has 0 aliphatic rings. The predicted octanol–water partition coefficient (Wildman–Crippen LogP) is 6.57. The number of rotatable bonds is 11. The van der Waals surface area contributed by atoms with Gasteiger partial charge in [0.15, 0.2) is 6.61 Å². The zero-order valence-electron chi connectivity index (χ0n) is 24.1. The highest BCUT2D eigenvalue weighted by atomic mass is 35.5. The SMILES string of the molecule is CC(CN(Cc1ccncc1)C(=O)COc1ccc(/C=N/NC(=O)c2ccc(O)c(Cl)c2)c2ccccc12)c1ccccc1. The zero-order chi connectivity index (χ0) is 30.9. The van der Waals surface area contributed by atoms with Gasteiger partial charge in [-0.1, -0.05) is 73.1 Å². The minimum atomic E-state index is -0.469. The fraction of sp³-hybridized carbons (Fsp3) is 0.143. The van der Waals surface area contributed by atoms with Gasteiger partial charge in [-0.25, -0.2) is 5.43 Å². The Kier molecular flexibility index (Phi) is 9.84. The minimum Gasteiger partial charge on any atom is -0.506 e. The summed E-state index contributed by atoms with van der Waals surface area (Å²) in [6.45, 7) is 2.96. The number of carbonyl (C=O) groups is 2. The third kappa shape index (κ3) is 7.59. The topological polar surface area (TPSA) is 104 Å². The zero-order valence-corrected chi connectivity index (χ0v) is 24.8. The van der Waals surface area contributed by atoms with Crippen LogP contribution in [-0.4, -0.2) is 46.2 Å². The molecule has 0 bridgehead atoms. The van der Waals surface area contributed by atoms with Gasteiger partial charge >= 0.3 is 0 Å². The van der Waals surface area contributed by atoms with Crippen molar-refractivity contribution in [2.45, 2.75) is 19.4 Å². The van der Waals surface area contributed by atoms with E-state index in [0.29, 0.717) is 18.8 Å². The molecular weight excluding hydrogens is 576 g/mol. The summed E-state index contributed by atoms with van der Waals surface area (Å²) in [6, 6.07) is 29.3. The van der Waals surface area contributed by atoms with Crippen molar-refractivity contribution in [3.8, 4) is 11.5 Å². The van der Waals surface area contributed by atoms with Crippen molar-refractivity contribution in [3.05, 3.63) is 137 Å². The number of hydrogen-bond acceptors (Lipinski definition) is 6. The van der Waals surface area contributed by atoms with Gasteiger partial charge in [-0.05, 0) is 64.9 Å². The fourth-order valence-electron chi connectivity index (χ4n) is 4.82. The van der Waals surface area contributed by atoms with Crippen molar-refractivity contribution in [2.24, 2.45) is 5.10 Å². The summed E-state index contributed by atoms with van der Waals surface area (Å²) in [5.74, 6) is -0.00711. The largest absolute Gasteiger partial charge is 0.506 e. The molecule has 222 valence electrons. The number of fused-ring (bicyclic) bond motifs is 1. The Balaban J connectivity index is 1.29. The summed E-state index contributed by atoms with van der Waals surface area (Å²) in [5, 5.41) is 15.4. The van der Waals surface area contributed by atoms with Crippen LogP contribution in [0.3, 0.4) is 0 Å². The normalized spacial score (nSPS) is 11.8. The lowest BCUT2D eigenvalue weighted by atomic mass is 10.0. The van der Waals surface area contributed by atoms with Gasteiger partial charge in [0.1, 0.15) is 11.5 Å². The van der Waals surface area contributed by atoms with E-state index in [-0.39, 0.29) is 34.8 Å². The van der Waals surface area contributed by atoms with Crippen molar-refractivity contribution < 1.29 is 19.4 Å². The van der Waals surface area contributed by atoms with Gasteiger partial charge in [0, 0.05) is 42.0 Å². The van der Waals surface area contributed by atoms with Crippen LogP contribution in [0.4, 0.5) is 0 Å². The molecule has 0 saturated carbocycles. The van der Waals surface area contributed by atoms with Crippen LogP contribution in [0.5, 0.6) is 11.5 Å². The van der Waals surface area contributed by atoms with Crippen LogP contribution >= 0.6 is 11.6 Å². The first-order valence-electron chi connectivity index (χ1n) is 14.1. The molecule has 0 aliphatic heterocycles. The average Bonchev–Trinajstić information content (AvgIpc) is 3.05. The third-order valence-corrected chi connectivity index (χ3v) is 7.49. The molecule has 2 N–H and O–H groups in total. The molecule has 0 spiro atoms. The lowest BCUT2D eigenvalue weighted by molar-refractivity contribution is -0.134. The van der Waals surface area contributed by atoms with Crippen LogP contribution in [0, 0.1) is 0 Å². The standard InChI is InChI=1S/C35H31ClN4O4/c1-24(26-7-3-2-4-8-26)21-40(22-25-15-17-37-18-16-25)34(42)23-44-33-14-12-28(29-9-5-6-10-30(29)33)20-38-39-35(43)27-11-13-32(41)31(36)19-27/h2-20,24,41H,21-23H2,1H3,(H,39,43)/b38-20+. The molecule has 1 heterocycles. The second-order valence-corrected chi connectivity index (χ2v) is 10.7. The number of carbonyl (C=O) groups excluding carboxylic acids is 2. The first-order valence-corrected chi connectivity index (χ1v) is 14.4. The monoisotopic (exact) mass is 606 g/mol. The molecule has 4 aromatic carbocycles. The molecule has 5 rings (SSSR count). The fourth-order valence-corrected chi connectivity index (χ4v) is 5.00. The molecule has 0 saturated heterocycles. The molecule has 1 unspecified atom stereocenters. The Morgan fingerprint density at radius 1 is 0.977 bits per heavy atom. The molecular formula is C35H31ClN4O4. The molecule has 0 radical (unpaired) electrons. The maximum atomic E-state index is 13.6. The highest BCUT2D eigenvalue weighted by Gasteiger charge is 2.19. The Bertz CT molecular complexity index is 1780. The number of phenols is 1. The third-order valence-electron chi connectivity index (χ3n) is 7.19. The quantitative estimate of drug-likeness (QED) is 0.131. The number of ether oxygens (including phenoxy) is 1. The first-order chi connectivity index (χ1) is 21.4. The smallest absolute Gasteiger partial charge is 0.271 e. The maximum Gasteiger partial charge on any atom is 0.271 e. The van der Waals surface area contributed by atoms with E-state index in [1.54, 1.807) is 24.7 Å². The van der Waals surface area contributed by atoms with Gasteiger partial charge in [-0.15, -0.1) is 0 Å². The summed E-state index contributed by atoms with van der Waals surface area (Å²) < 4.78 is 6.11. The number of aromatic hydroxyl groups is 1. The summed E-state index contributed by atoms with van der Waals surface area (Å²) in [7, 11) is 0. The van der Waals surface area contributed by atoms with Crippen LogP contribution in [0.15, 0.2) is 115 Å². The summed E-state index contributed by atoms with van der Waals surface area (Å²) in [5.41, 5.74) is 5.64. The number of amides is 2. The van der Waals surface area contributed by atoms with E-state index in [2.05, 4.69) is 34.6 Å². The number of aromatic nitrogens is 1. The van der Waals surface area contributed by atoms with Crippen molar-refractivity contribution in [1.29, 1.82) is 0 Å². The highest BCUT2D eigenvalue weighted by molar-refractivity contribution is 6.32. The number of benzene rings is 4. The Hall–Kier alpha value is -5.21.